The number of nitrogens with one attached hydrogen (secondary N) is 1. The first-order valence-electron chi connectivity index (χ1n) is 8.35. The molecule has 6 nitrogen and oxygen atoms in total. The number of benzene rings is 1. The molecule has 0 aliphatic carbocycles. The molecule has 0 aromatic heterocycles. The molecule has 1 atom stereocenters. The minimum Gasteiger partial charge on any atom is -0.386 e. The molecule has 0 saturated carbocycles. The zero-order chi connectivity index (χ0) is 18.7. The van der Waals surface area contributed by atoms with Gasteiger partial charge in [0, 0.05) is 19.6 Å². The van der Waals surface area contributed by atoms with Crippen molar-refractivity contribution in [2.45, 2.75) is 31.6 Å². The van der Waals surface area contributed by atoms with E-state index >= 15 is 0 Å². The van der Waals surface area contributed by atoms with Gasteiger partial charge in [-0.25, -0.2) is 12.8 Å². The van der Waals surface area contributed by atoms with Crippen molar-refractivity contribution in [1.29, 1.82) is 0 Å². The van der Waals surface area contributed by atoms with E-state index in [1.165, 1.54) is 24.3 Å². The van der Waals surface area contributed by atoms with Crippen molar-refractivity contribution in [3.63, 3.8) is 0 Å². The molecule has 1 aromatic rings. The lowest BCUT2D eigenvalue weighted by Gasteiger charge is -2.39. The van der Waals surface area contributed by atoms with E-state index in [9.17, 15) is 17.9 Å². The molecule has 0 spiro atoms. The lowest BCUT2D eigenvalue weighted by Crippen LogP contribution is -2.57. The third-order valence-corrected chi connectivity index (χ3v) is 6.88. The number of aliphatic imine (C=N–C) groups is 1. The standard InChI is InChI=1S/C17H26FN3O3S/c1-4-19-16(21-9-10-25(23,24)17(2,3)12-21)20-11-15(22)13-5-7-14(18)8-6-13/h5-8,15,22H,4,9-12H2,1-3H3,(H,19,20). The molecule has 1 saturated heterocycles. The molecule has 25 heavy (non-hydrogen) atoms. The van der Waals surface area contributed by atoms with Crippen molar-refractivity contribution in [2.75, 3.05) is 31.9 Å². The van der Waals surface area contributed by atoms with Gasteiger partial charge in [-0.15, -0.1) is 0 Å². The molecule has 1 fully saturated rings. The van der Waals surface area contributed by atoms with Crippen molar-refractivity contribution >= 4 is 15.8 Å². The largest absolute Gasteiger partial charge is 0.386 e. The monoisotopic (exact) mass is 371 g/mol. The molecular weight excluding hydrogens is 345 g/mol. The lowest BCUT2D eigenvalue weighted by atomic mass is 10.1. The highest BCUT2D eigenvalue weighted by atomic mass is 32.2. The number of hydrogen-bond donors (Lipinski definition) is 2. The Kier molecular flexibility index (Phi) is 6.05. The van der Waals surface area contributed by atoms with Crippen molar-refractivity contribution in [2.24, 2.45) is 4.99 Å². The third-order valence-electron chi connectivity index (χ3n) is 4.35. The molecular formula is C17H26FN3O3S. The summed E-state index contributed by atoms with van der Waals surface area (Å²) < 4.78 is 36.4. The molecule has 1 heterocycles. The van der Waals surface area contributed by atoms with Crippen LogP contribution in [0.4, 0.5) is 4.39 Å². The van der Waals surface area contributed by atoms with Crippen LogP contribution in [0.25, 0.3) is 0 Å². The van der Waals surface area contributed by atoms with Crippen molar-refractivity contribution < 1.29 is 17.9 Å². The highest BCUT2D eigenvalue weighted by Gasteiger charge is 2.40. The Balaban J connectivity index is 2.12. The molecule has 1 aliphatic rings. The van der Waals surface area contributed by atoms with Crippen LogP contribution in [-0.2, 0) is 9.84 Å². The Morgan fingerprint density at radius 2 is 2.04 bits per heavy atom. The Labute approximate surface area is 148 Å². The lowest BCUT2D eigenvalue weighted by molar-refractivity contribution is 0.186. The number of aliphatic hydroxyl groups excluding tert-OH is 1. The summed E-state index contributed by atoms with van der Waals surface area (Å²) in [7, 11) is -3.13. The van der Waals surface area contributed by atoms with Crippen LogP contribution in [0.15, 0.2) is 29.3 Å². The van der Waals surface area contributed by atoms with Crippen molar-refractivity contribution in [3.8, 4) is 0 Å². The minimum atomic E-state index is -3.13. The SMILES string of the molecule is CCNC(=NCC(O)c1ccc(F)cc1)N1CCS(=O)(=O)C(C)(C)C1. The van der Waals surface area contributed by atoms with E-state index in [-0.39, 0.29) is 18.1 Å². The van der Waals surface area contributed by atoms with Gasteiger partial charge < -0.3 is 15.3 Å². The summed E-state index contributed by atoms with van der Waals surface area (Å²) in [5, 5.41) is 13.4. The third kappa shape index (κ3) is 4.70. The molecule has 0 bridgehead atoms. The second-order valence-electron chi connectivity index (χ2n) is 6.76. The van der Waals surface area contributed by atoms with E-state index < -0.39 is 20.7 Å². The fourth-order valence-corrected chi connectivity index (χ4v) is 4.08. The smallest absolute Gasteiger partial charge is 0.194 e. The molecule has 1 aliphatic heterocycles. The fourth-order valence-electron chi connectivity index (χ4n) is 2.71. The Hall–Kier alpha value is -1.67. The maximum Gasteiger partial charge on any atom is 0.194 e. The first kappa shape index (κ1) is 19.7. The Morgan fingerprint density at radius 3 is 2.60 bits per heavy atom. The summed E-state index contributed by atoms with van der Waals surface area (Å²) in [6.45, 7) is 6.81. The minimum absolute atomic E-state index is 0.0743. The average molecular weight is 371 g/mol. The number of hydrogen-bond acceptors (Lipinski definition) is 4. The normalized spacial score (nSPS) is 21.0. The molecule has 140 valence electrons. The average Bonchev–Trinajstić information content (AvgIpc) is 2.54. The van der Waals surface area contributed by atoms with Gasteiger partial charge in [0.1, 0.15) is 5.82 Å². The van der Waals surface area contributed by atoms with E-state index in [1.807, 2.05) is 11.8 Å². The second kappa shape index (κ2) is 7.70. The summed E-state index contributed by atoms with van der Waals surface area (Å²) in [5.41, 5.74) is 0.586. The molecule has 0 radical (unpaired) electrons. The van der Waals surface area contributed by atoms with Crippen LogP contribution in [-0.4, -0.2) is 61.1 Å². The van der Waals surface area contributed by atoms with Crippen LogP contribution in [0.3, 0.4) is 0 Å². The number of halogens is 1. The van der Waals surface area contributed by atoms with Gasteiger partial charge in [0.15, 0.2) is 15.8 Å². The van der Waals surface area contributed by atoms with E-state index in [4.69, 9.17) is 0 Å². The first-order chi connectivity index (χ1) is 11.7. The fraction of sp³-hybridized carbons (Fsp3) is 0.588. The van der Waals surface area contributed by atoms with Gasteiger partial charge in [0.2, 0.25) is 0 Å². The highest BCUT2D eigenvalue weighted by molar-refractivity contribution is 7.92. The molecule has 8 heteroatoms. The first-order valence-corrected chi connectivity index (χ1v) is 10.0. The summed E-state index contributed by atoms with van der Waals surface area (Å²) in [4.78, 5) is 6.35. The van der Waals surface area contributed by atoms with Gasteiger partial charge in [0.25, 0.3) is 0 Å². The zero-order valence-electron chi connectivity index (χ0n) is 14.9. The van der Waals surface area contributed by atoms with E-state index in [1.54, 1.807) is 13.8 Å². The highest BCUT2D eigenvalue weighted by Crippen LogP contribution is 2.24. The summed E-state index contributed by atoms with van der Waals surface area (Å²) in [5.74, 6) is 0.293. The molecule has 2 N–H and O–H groups in total. The van der Waals surface area contributed by atoms with Crippen LogP contribution < -0.4 is 5.32 Å². The molecule has 1 aromatic carbocycles. The molecule has 2 rings (SSSR count). The number of rotatable bonds is 4. The quantitative estimate of drug-likeness (QED) is 0.616. The van der Waals surface area contributed by atoms with Crippen LogP contribution >= 0.6 is 0 Å². The molecule has 0 amide bonds. The summed E-state index contributed by atoms with van der Waals surface area (Å²) >= 11 is 0. The van der Waals surface area contributed by atoms with Gasteiger partial charge in [-0.2, -0.15) is 0 Å². The topological polar surface area (TPSA) is 82.0 Å². The van der Waals surface area contributed by atoms with Gasteiger partial charge in [0.05, 0.1) is 23.1 Å². The van der Waals surface area contributed by atoms with Gasteiger partial charge in [-0.3, -0.25) is 4.99 Å². The van der Waals surface area contributed by atoms with Gasteiger partial charge in [-0.1, -0.05) is 12.1 Å². The number of sulfone groups is 1. The summed E-state index contributed by atoms with van der Waals surface area (Å²) in [6, 6.07) is 5.65. The number of nitrogens with zero attached hydrogens (tertiary/aromatic N) is 2. The van der Waals surface area contributed by atoms with Gasteiger partial charge >= 0.3 is 0 Å². The molecule has 1 unspecified atom stereocenters. The predicted octanol–water partition coefficient (Wildman–Crippen LogP) is 1.33. The number of guanidine groups is 1. The van der Waals surface area contributed by atoms with Crippen molar-refractivity contribution in [3.05, 3.63) is 35.6 Å². The zero-order valence-corrected chi connectivity index (χ0v) is 15.7. The van der Waals surface area contributed by atoms with Crippen LogP contribution in [0.5, 0.6) is 0 Å². The predicted molar refractivity (Wildman–Crippen MR) is 96.8 cm³/mol. The van der Waals surface area contributed by atoms with Crippen LogP contribution in [0.1, 0.15) is 32.4 Å². The van der Waals surface area contributed by atoms with Crippen LogP contribution in [0.2, 0.25) is 0 Å². The van der Waals surface area contributed by atoms with E-state index in [0.29, 0.717) is 31.2 Å². The van der Waals surface area contributed by atoms with E-state index in [2.05, 4.69) is 10.3 Å². The Morgan fingerprint density at radius 1 is 1.40 bits per heavy atom. The maximum absolute atomic E-state index is 13.0. The maximum atomic E-state index is 13.0. The van der Waals surface area contributed by atoms with Crippen molar-refractivity contribution in [1.82, 2.24) is 10.2 Å². The van der Waals surface area contributed by atoms with E-state index in [0.717, 1.165) is 0 Å². The second-order valence-corrected chi connectivity index (χ2v) is 9.51. The number of aliphatic hydroxyl groups is 1. The van der Waals surface area contributed by atoms with Crippen LogP contribution in [0, 0.1) is 5.82 Å². The summed E-state index contributed by atoms with van der Waals surface area (Å²) in [6.07, 6.45) is -0.851. The Bertz CT molecular complexity index is 717. The van der Waals surface area contributed by atoms with Gasteiger partial charge in [-0.05, 0) is 38.5 Å².